The number of nitrogens with one attached hydrogen (secondary N) is 1. The van der Waals surface area contributed by atoms with Gasteiger partial charge in [0.2, 0.25) is 0 Å². The van der Waals surface area contributed by atoms with Crippen LogP contribution in [-0.2, 0) is 4.79 Å². The Balaban J connectivity index is 1.72. The summed E-state index contributed by atoms with van der Waals surface area (Å²) in [5.41, 5.74) is 3.36. The largest absolute Gasteiger partial charge is 0.496 e. The highest BCUT2D eigenvalue weighted by Crippen LogP contribution is 2.38. The molecule has 1 aromatic heterocycles. The molecule has 4 rings (SSSR count). The molecule has 1 aliphatic rings. The van der Waals surface area contributed by atoms with Gasteiger partial charge in [-0.1, -0.05) is 15.9 Å². The number of thiazole rings is 1. The predicted octanol–water partition coefficient (Wildman–Crippen LogP) is 4.58. The van der Waals surface area contributed by atoms with E-state index < -0.39 is 0 Å². The number of halogens is 1. The van der Waals surface area contributed by atoms with Gasteiger partial charge in [-0.25, -0.2) is 4.98 Å². The summed E-state index contributed by atoms with van der Waals surface area (Å²) >= 11 is 5.03. The standard InChI is InChI=1S/C18H13BrN2O3S/c1-23-15-5-3-11(19)7-12(15)18-21-14(9-25-18)10-2-4-16-13(6-10)20-17(22)8-24-16/h2-7,9H,8H2,1H3,(H,20,22). The quantitative estimate of drug-likeness (QED) is 0.678. The Morgan fingerprint density at radius 2 is 2.16 bits per heavy atom. The van der Waals surface area contributed by atoms with E-state index in [9.17, 15) is 4.79 Å². The van der Waals surface area contributed by atoms with Crippen molar-refractivity contribution in [3.8, 4) is 33.3 Å². The minimum atomic E-state index is -0.150. The summed E-state index contributed by atoms with van der Waals surface area (Å²) in [5, 5.41) is 5.68. The molecule has 0 saturated heterocycles. The molecule has 126 valence electrons. The molecule has 2 aromatic carbocycles. The molecule has 1 aliphatic heterocycles. The first-order valence-electron chi connectivity index (χ1n) is 7.50. The highest BCUT2D eigenvalue weighted by Gasteiger charge is 2.18. The van der Waals surface area contributed by atoms with Crippen molar-refractivity contribution in [2.75, 3.05) is 19.0 Å². The molecule has 25 heavy (non-hydrogen) atoms. The molecule has 3 aromatic rings. The summed E-state index contributed by atoms with van der Waals surface area (Å²) in [7, 11) is 1.65. The van der Waals surface area contributed by atoms with E-state index in [0.717, 1.165) is 32.1 Å². The number of hydrogen-bond donors (Lipinski definition) is 1. The molecule has 0 atom stereocenters. The first-order valence-corrected chi connectivity index (χ1v) is 9.18. The summed E-state index contributed by atoms with van der Waals surface area (Å²) in [5.74, 6) is 1.30. The van der Waals surface area contributed by atoms with Crippen molar-refractivity contribution < 1.29 is 14.3 Å². The average Bonchev–Trinajstić information content (AvgIpc) is 3.11. The highest BCUT2D eigenvalue weighted by molar-refractivity contribution is 9.10. The monoisotopic (exact) mass is 416 g/mol. The summed E-state index contributed by atoms with van der Waals surface area (Å²) in [6.45, 7) is 0.0515. The van der Waals surface area contributed by atoms with Gasteiger partial charge in [0, 0.05) is 15.4 Å². The third-order valence-corrected chi connectivity index (χ3v) is 5.17. The molecule has 0 aliphatic carbocycles. The zero-order valence-corrected chi connectivity index (χ0v) is 15.6. The molecule has 0 fully saturated rings. The van der Waals surface area contributed by atoms with Crippen LogP contribution in [0.1, 0.15) is 0 Å². The molecule has 0 bridgehead atoms. The molecule has 0 spiro atoms. The maximum absolute atomic E-state index is 11.5. The molecule has 0 saturated carbocycles. The molecule has 1 amide bonds. The number of aromatic nitrogens is 1. The summed E-state index contributed by atoms with van der Waals surface area (Å²) < 4.78 is 11.8. The Labute approximate surface area is 156 Å². The van der Waals surface area contributed by atoms with Crippen molar-refractivity contribution in [1.29, 1.82) is 0 Å². The van der Waals surface area contributed by atoms with Gasteiger partial charge in [0.05, 0.1) is 24.1 Å². The fraction of sp³-hybridized carbons (Fsp3) is 0.111. The van der Waals surface area contributed by atoms with E-state index >= 15 is 0 Å². The second-order valence-corrected chi connectivity index (χ2v) is 7.20. The van der Waals surface area contributed by atoms with Gasteiger partial charge >= 0.3 is 0 Å². The number of carbonyl (C=O) groups excluding carboxylic acids is 1. The van der Waals surface area contributed by atoms with E-state index in [4.69, 9.17) is 14.5 Å². The van der Waals surface area contributed by atoms with E-state index in [0.29, 0.717) is 11.4 Å². The van der Waals surface area contributed by atoms with Gasteiger partial charge in [0.15, 0.2) is 6.61 Å². The van der Waals surface area contributed by atoms with Crippen molar-refractivity contribution in [3.63, 3.8) is 0 Å². The number of anilines is 1. The predicted molar refractivity (Wildman–Crippen MR) is 101 cm³/mol. The molecule has 0 radical (unpaired) electrons. The summed E-state index contributed by atoms with van der Waals surface area (Å²) in [6, 6.07) is 11.5. The van der Waals surface area contributed by atoms with Gasteiger partial charge in [-0.3, -0.25) is 4.79 Å². The third kappa shape index (κ3) is 3.12. The number of methoxy groups -OCH3 is 1. The first-order chi connectivity index (χ1) is 12.1. The minimum absolute atomic E-state index is 0.0515. The average molecular weight is 417 g/mol. The lowest BCUT2D eigenvalue weighted by molar-refractivity contribution is -0.118. The van der Waals surface area contributed by atoms with Crippen LogP contribution < -0.4 is 14.8 Å². The van der Waals surface area contributed by atoms with E-state index in [1.54, 1.807) is 18.4 Å². The van der Waals surface area contributed by atoms with Crippen LogP contribution in [0.2, 0.25) is 0 Å². The van der Waals surface area contributed by atoms with E-state index in [1.165, 1.54) is 0 Å². The van der Waals surface area contributed by atoms with E-state index in [-0.39, 0.29) is 12.5 Å². The molecule has 0 unspecified atom stereocenters. The van der Waals surface area contributed by atoms with Crippen LogP contribution >= 0.6 is 27.3 Å². The molecule has 7 heteroatoms. The van der Waals surface area contributed by atoms with Gasteiger partial charge in [0.1, 0.15) is 16.5 Å². The second kappa shape index (κ2) is 6.50. The normalized spacial score (nSPS) is 13.0. The fourth-order valence-corrected chi connectivity index (χ4v) is 3.83. The second-order valence-electron chi connectivity index (χ2n) is 5.43. The Bertz CT molecular complexity index is 971. The summed E-state index contributed by atoms with van der Waals surface area (Å²) in [4.78, 5) is 16.2. The molecule has 2 heterocycles. The third-order valence-electron chi connectivity index (χ3n) is 3.80. The van der Waals surface area contributed by atoms with Crippen molar-refractivity contribution in [2.45, 2.75) is 0 Å². The zero-order valence-electron chi connectivity index (χ0n) is 13.2. The Morgan fingerprint density at radius 1 is 1.28 bits per heavy atom. The molecular formula is C18H13BrN2O3S. The van der Waals surface area contributed by atoms with Gasteiger partial charge in [0.25, 0.3) is 5.91 Å². The highest BCUT2D eigenvalue weighted by atomic mass is 79.9. The molecule has 1 N–H and O–H groups in total. The smallest absolute Gasteiger partial charge is 0.262 e. The SMILES string of the molecule is COc1ccc(Br)cc1-c1nc(-c2ccc3c(c2)NC(=O)CO3)cs1. The van der Waals surface area contributed by atoms with Crippen molar-refractivity contribution in [3.05, 3.63) is 46.3 Å². The van der Waals surface area contributed by atoms with Crippen molar-refractivity contribution in [2.24, 2.45) is 0 Å². The first kappa shape index (κ1) is 16.1. The van der Waals surface area contributed by atoms with E-state index in [1.807, 2.05) is 41.8 Å². The number of fused-ring (bicyclic) bond motifs is 1. The van der Waals surface area contributed by atoms with Crippen LogP contribution in [0.25, 0.3) is 21.8 Å². The maximum atomic E-state index is 11.5. The zero-order chi connectivity index (χ0) is 17.4. The lowest BCUT2D eigenvalue weighted by Crippen LogP contribution is -2.25. The van der Waals surface area contributed by atoms with Crippen molar-refractivity contribution in [1.82, 2.24) is 4.98 Å². The van der Waals surface area contributed by atoms with Crippen LogP contribution in [0.3, 0.4) is 0 Å². The number of carbonyl (C=O) groups is 1. The minimum Gasteiger partial charge on any atom is -0.496 e. The van der Waals surface area contributed by atoms with Crippen LogP contribution in [-0.4, -0.2) is 24.6 Å². The fourth-order valence-electron chi connectivity index (χ4n) is 2.62. The topological polar surface area (TPSA) is 60.5 Å². The number of amides is 1. The van der Waals surface area contributed by atoms with Gasteiger partial charge < -0.3 is 14.8 Å². The summed E-state index contributed by atoms with van der Waals surface area (Å²) in [6.07, 6.45) is 0. The Hall–Kier alpha value is -2.38. The lowest BCUT2D eigenvalue weighted by atomic mass is 10.1. The maximum Gasteiger partial charge on any atom is 0.262 e. The van der Waals surface area contributed by atoms with Gasteiger partial charge in [-0.15, -0.1) is 11.3 Å². The van der Waals surface area contributed by atoms with Crippen LogP contribution in [0.5, 0.6) is 11.5 Å². The van der Waals surface area contributed by atoms with Crippen LogP contribution in [0, 0.1) is 0 Å². The van der Waals surface area contributed by atoms with Gasteiger partial charge in [-0.05, 0) is 36.4 Å². The molecular weight excluding hydrogens is 404 g/mol. The number of benzene rings is 2. The number of ether oxygens (including phenoxy) is 2. The lowest BCUT2D eigenvalue weighted by Gasteiger charge is -2.18. The van der Waals surface area contributed by atoms with Gasteiger partial charge in [-0.2, -0.15) is 0 Å². The van der Waals surface area contributed by atoms with Crippen molar-refractivity contribution >= 4 is 38.9 Å². The number of nitrogens with zero attached hydrogens (tertiary/aromatic N) is 1. The Kier molecular flexibility index (Phi) is 4.19. The van der Waals surface area contributed by atoms with Crippen LogP contribution in [0.4, 0.5) is 5.69 Å². The van der Waals surface area contributed by atoms with E-state index in [2.05, 4.69) is 21.2 Å². The Morgan fingerprint density at radius 3 is 3.00 bits per heavy atom. The van der Waals surface area contributed by atoms with Crippen LogP contribution in [0.15, 0.2) is 46.3 Å². The number of rotatable bonds is 3. The molecule has 5 nitrogen and oxygen atoms in total. The number of hydrogen-bond acceptors (Lipinski definition) is 5.